The molecule has 1 aliphatic rings. The van der Waals surface area contributed by atoms with Crippen LogP contribution in [0.2, 0.25) is 5.02 Å². The van der Waals surface area contributed by atoms with Gasteiger partial charge >= 0.3 is 0 Å². The van der Waals surface area contributed by atoms with Crippen LogP contribution in [-0.4, -0.2) is 37.0 Å². The molecule has 0 radical (unpaired) electrons. The van der Waals surface area contributed by atoms with E-state index in [0.717, 1.165) is 12.8 Å². The van der Waals surface area contributed by atoms with Crippen molar-refractivity contribution >= 4 is 27.7 Å². The van der Waals surface area contributed by atoms with Gasteiger partial charge in [0, 0.05) is 29.6 Å². The topological polar surface area (TPSA) is 57.6 Å². The van der Waals surface area contributed by atoms with Crippen molar-refractivity contribution in [1.82, 2.24) is 4.31 Å². The van der Waals surface area contributed by atoms with Crippen molar-refractivity contribution in [3.8, 4) is 0 Å². The van der Waals surface area contributed by atoms with E-state index >= 15 is 0 Å². The van der Waals surface area contributed by atoms with Crippen molar-refractivity contribution in [3.05, 3.63) is 40.3 Å². The zero-order valence-corrected chi connectivity index (χ0v) is 13.4. The van der Waals surface area contributed by atoms with Gasteiger partial charge in [0.25, 0.3) is 0 Å². The van der Waals surface area contributed by atoms with Gasteiger partial charge in [-0.1, -0.05) is 29.8 Å². The van der Waals surface area contributed by atoms with Gasteiger partial charge in [-0.05, 0) is 43.4 Å². The second kappa shape index (κ2) is 7.40. The lowest BCUT2D eigenvalue weighted by atomic mass is 10.2. The molecule has 1 aliphatic carbocycles. The van der Waals surface area contributed by atoms with Crippen molar-refractivity contribution in [1.29, 1.82) is 0 Å². The molecule has 116 valence electrons. The van der Waals surface area contributed by atoms with Crippen LogP contribution in [0, 0.1) is 0 Å². The zero-order chi connectivity index (χ0) is 15.3. The van der Waals surface area contributed by atoms with Gasteiger partial charge in [-0.2, -0.15) is 4.31 Å². The summed E-state index contributed by atoms with van der Waals surface area (Å²) in [7, 11) is -3.44. The highest BCUT2D eigenvalue weighted by Gasteiger charge is 2.35. The molecule has 1 fully saturated rings. The molecule has 0 amide bonds. The first-order valence-corrected chi connectivity index (χ1v) is 8.98. The van der Waals surface area contributed by atoms with Crippen LogP contribution in [0.1, 0.15) is 31.2 Å². The number of rotatable bonds is 8. The van der Waals surface area contributed by atoms with E-state index in [1.54, 1.807) is 24.3 Å². The largest absolute Gasteiger partial charge is 0.396 e. The first kappa shape index (κ1) is 16.5. The molecule has 0 aromatic heterocycles. The zero-order valence-electron chi connectivity index (χ0n) is 11.8. The summed E-state index contributed by atoms with van der Waals surface area (Å²) < 4.78 is 26.4. The number of aliphatic hydroxyl groups excluding tert-OH is 1. The number of aliphatic hydroxyl groups is 1. The van der Waals surface area contributed by atoms with Gasteiger partial charge in [0.1, 0.15) is 0 Å². The number of unbranched alkanes of at least 4 members (excludes halogenated alkanes) is 1. The van der Waals surface area contributed by atoms with Gasteiger partial charge in [0.2, 0.25) is 10.0 Å². The van der Waals surface area contributed by atoms with Crippen LogP contribution in [0.25, 0.3) is 6.08 Å². The molecule has 0 aliphatic heterocycles. The molecule has 2 rings (SSSR count). The summed E-state index contributed by atoms with van der Waals surface area (Å²) in [5.41, 5.74) is 0.689. The molecule has 0 heterocycles. The molecule has 6 heteroatoms. The number of hydrogen-bond acceptors (Lipinski definition) is 3. The molecule has 1 aromatic rings. The smallest absolute Gasteiger partial charge is 0.236 e. The van der Waals surface area contributed by atoms with Crippen molar-refractivity contribution in [2.75, 3.05) is 13.2 Å². The third-order valence-corrected chi connectivity index (χ3v) is 5.35. The SMILES string of the molecule is O=S(=O)(/C=C/c1ccccc1Cl)N(CCCCO)C1CC1. The summed E-state index contributed by atoms with van der Waals surface area (Å²) in [6.45, 7) is 0.550. The minimum Gasteiger partial charge on any atom is -0.396 e. The maximum Gasteiger partial charge on any atom is 0.236 e. The molecule has 4 nitrogen and oxygen atoms in total. The van der Waals surface area contributed by atoms with Crippen LogP contribution in [0.5, 0.6) is 0 Å². The van der Waals surface area contributed by atoms with Crippen LogP contribution < -0.4 is 0 Å². The van der Waals surface area contributed by atoms with E-state index < -0.39 is 10.0 Å². The van der Waals surface area contributed by atoms with E-state index in [1.807, 2.05) is 6.07 Å². The summed E-state index contributed by atoms with van der Waals surface area (Å²) in [5, 5.41) is 10.6. The lowest BCUT2D eigenvalue weighted by Crippen LogP contribution is -2.32. The predicted octanol–water partition coefficient (Wildman–Crippen LogP) is 2.88. The summed E-state index contributed by atoms with van der Waals surface area (Å²) >= 11 is 6.02. The molecular formula is C15H20ClNO3S. The van der Waals surface area contributed by atoms with Gasteiger partial charge in [-0.15, -0.1) is 0 Å². The number of hydrogen-bond donors (Lipinski definition) is 1. The van der Waals surface area contributed by atoms with E-state index in [2.05, 4.69) is 0 Å². The Labute approximate surface area is 131 Å². The normalized spacial score (nSPS) is 16.0. The highest BCUT2D eigenvalue weighted by Crippen LogP contribution is 2.30. The van der Waals surface area contributed by atoms with Crippen LogP contribution in [-0.2, 0) is 10.0 Å². The molecule has 21 heavy (non-hydrogen) atoms. The van der Waals surface area contributed by atoms with Gasteiger partial charge in [-0.25, -0.2) is 8.42 Å². The molecule has 0 bridgehead atoms. The van der Waals surface area contributed by atoms with Gasteiger partial charge < -0.3 is 5.11 Å². The second-order valence-corrected chi connectivity index (χ2v) is 7.32. The molecule has 0 unspecified atom stereocenters. The minimum atomic E-state index is -3.44. The lowest BCUT2D eigenvalue weighted by Gasteiger charge is -2.19. The molecule has 0 saturated heterocycles. The minimum absolute atomic E-state index is 0.0913. The second-order valence-electron chi connectivity index (χ2n) is 5.14. The summed E-state index contributed by atoms with van der Waals surface area (Å²) in [5.74, 6) is 0. The molecular weight excluding hydrogens is 310 g/mol. The number of nitrogens with zero attached hydrogens (tertiary/aromatic N) is 1. The lowest BCUT2D eigenvalue weighted by molar-refractivity contribution is 0.275. The number of benzene rings is 1. The van der Waals surface area contributed by atoms with Crippen molar-refractivity contribution in [2.24, 2.45) is 0 Å². The highest BCUT2D eigenvalue weighted by atomic mass is 35.5. The molecule has 0 spiro atoms. The summed E-state index contributed by atoms with van der Waals surface area (Å²) in [6.07, 6.45) is 4.66. The van der Waals surface area contributed by atoms with Crippen LogP contribution in [0.4, 0.5) is 0 Å². The van der Waals surface area contributed by atoms with Crippen LogP contribution in [0.3, 0.4) is 0 Å². The predicted molar refractivity (Wildman–Crippen MR) is 85.5 cm³/mol. The third-order valence-electron chi connectivity index (χ3n) is 3.39. The first-order valence-electron chi connectivity index (χ1n) is 7.10. The van der Waals surface area contributed by atoms with Gasteiger partial charge in [0.15, 0.2) is 0 Å². The van der Waals surface area contributed by atoms with E-state index in [-0.39, 0.29) is 12.6 Å². The Hall–Kier alpha value is -0.880. The molecule has 1 aromatic carbocycles. The van der Waals surface area contributed by atoms with Crippen molar-refractivity contribution in [3.63, 3.8) is 0 Å². The van der Waals surface area contributed by atoms with E-state index in [4.69, 9.17) is 16.7 Å². The average Bonchev–Trinajstić information content (AvgIpc) is 3.27. The van der Waals surface area contributed by atoms with Crippen molar-refractivity contribution in [2.45, 2.75) is 31.7 Å². The molecule has 0 atom stereocenters. The number of halogens is 1. The number of sulfonamides is 1. The fourth-order valence-electron chi connectivity index (χ4n) is 2.11. The Balaban J connectivity index is 2.09. The Morgan fingerprint density at radius 2 is 2.00 bits per heavy atom. The summed E-state index contributed by atoms with van der Waals surface area (Å²) in [4.78, 5) is 0. The fourth-order valence-corrected chi connectivity index (χ4v) is 3.79. The highest BCUT2D eigenvalue weighted by molar-refractivity contribution is 7.92. The Morgan fingerprint density at radius 3 is 2.62 bits per heavy atom. The van der Waals surface area contributed by atoms with Gasteiger partial charge in [-0.3, -0.25) is 0 Å². The maximum absolute atomic E-state index is 12.4. The quantitative estimate of drug-likeness (QED) is 0.746. The van der Waals surface area contributed by atoms with E-state index in [9.17, 15) is 8.42 Å². The average molecular weight is 330 g/mol. The Bertz CT molecular complexity index is 597. The van der Waals surface area contributed by atoms with Crippen LogP contribution >= 0.6 is 11.6 Å². The standard InChI is InChI=1S/C15H20ClNO3S/c16-15-6-2-1-5-13(15)9-12-21(19,20)17(14-7-8-14)10-3-4-11-18/h1-2,5-6,9,12,14,18H,3-4,7-8,10-11H2/b12-9+. The Kier molecular flexibility index (Phi) is 5.81. The van der Waals surface area contributed by atoms with Crippen molar-refractivity contribution < 1.29 is 13.5 Å². The van der Waals surface area contributed by atoms with Gasteiger partial charge in [0.05, 0.1) is 0 Å². The molecule has 1 N–H and O–H groups in total. The summed E-state index contributed by atoms with van der Waals surface area (Å²) in [6, 6.07) is 7.25. The van der Waals surface area contributed by atoms with E-state index in [0.29, 0.717) is 30.0 Å². The maximum atomic E-state index is 12.4. The monoisotopic (exact) mass is 329 g/mol. The van der Waals surface area contributed by atoms with Crippen LogP contribution in [0.15, 0.2) is 29.7 Å². The third kappa shape index (κ3) is 4.81. The Morgan fingerprint density at radius 1 is 1.29 bits per heavy atom. The first-order chi connectivity index (χ1) is 10.0. The fraction of sp³-hybridized carbons (Fsp3) is 0.467. The molecule has 1 saturated carbocycles. The van der Waals surface area contributed by atoms with E-state index in [1.165, 1.54) is 9.71 Å².